The van der Waals surface area contributed by atoms with Gasteiger partial charge in [0.25, 0.3) is 0 Å². The number of thiazole rings is 1. The molecule has 1 aromatic heterocycles. The number of nitrogens with one attached hydrogen (secondary N) is 2. The molecule has 6 heteroatoms. The molecule has 2 rings (SSSR count). The molecule has 1 aromatic carbocycles. The highest BCUT2D eigenvalue weighted by molar-refractivity contribution is 7.14. The van der Waals surface area contributed by atoms with E-state index in [1.165, 1.54) is 11.3 Å². The molecule has 0 saturated carbocycles. The Morgan fingerprint density at radius 3 is 2.57 bits per heavy atom. The molecule has 0 atom stereocenters. The normalized spacial score (nSPS) is 10.2. The Balaban J connectivity index is 2.16. The number of carbonyl (C=O) groups is 2. The van der Waals surface area contributed by atoms with Gasteiger partial charge in [-0.25, -0.2) is 4.98 Å². The highest BCUT2D eigenvalue weighted by Crippen LogP contribution is 2.26. The summed E-state index contributed by atoms with van der Waals surface area (Å²) < 4.78 is 0. The summed E-state index contributed by atoms with van der Waals surface area (Å²) in [6, 6.07) is 7.49. The molecule has 0 spiro atoms. The van der Waals surface area contributed by atoms with Crippen LogP contribution in [0.15, 0.2) is 29.6 Å². The van der Waals surface area contributed by atoms with E-state index in [-0.39, 0.29) is 11.8 Å². The summed E-state index contributed by atoms with van der Waals surface area (Å²) in [7, 11) is 0. The van der Waals surface area contributed by atoms with Gasteiger partial charge in [-0.15, -0.1) is 11.3 Å². The van der Waals surface area contributed by atoms with Gasteiger partial charge in [0.15, 0.2) is 5.13 Å². The minimum atomic E-state index is -0.0557. The summed E-state index contributed by atoms with van der Waals surface area (Å²) in [5, 5.41) is 8.02. The van der Waals surface area contributed by atoms with Gasteiger partial charge in [-0.2, -0.15) is 0 Å². The molecule has 0 aliphatic rings. The molecule has 0 aliphatic heterocycles. The van der Waals surface area contributed by atoms with Gasteiger partial charge >= 0.3 is 0 Å². The summed E-state index contributed by atoms with van der Waals surface area (Å²) in [6.45, 7) is 3.60. The molecule has 2 amide bonds. The molecule has 0 saturated heterocycles. The maximum absolute atomic E-state index is 11.4. The van der Waals surface area contributed by atoms with Crippen molar-refractivity contribution in [1.29, 1.82) is 0 Å². The van der Waals surface area contributed by atoms with Crippen molar-refractivity contribution in [1.82, 2.24) is 4.98 Å². The fourth-order valence-electron chi connectivity index (χ4n) is 1.68. The molecule has 0 aliphatic carbocycles. The molecule has 5 nitrogen and oxygen atoms in total. The zero-order chi connectivity index (χ0) is 15.2. The van der Waals surface area contributed by atoms with Crippen LogP contribution in [0.2, 0.25) is 0 Å². The number of aromatic nitrogens is 1. The van der Waals surface area contributed by atoms with Crippen molar-refractivity contribution in [2.75, 3.05) is 10.6 Å². The van der Waals surface area contributed by atoms with Crippen LogP contribution in [0.25, 0.3) is 11.3 Å². The fraction of sp³-hybridized carbons (Fsp3) is 0.267. The molecule has 110 valence electrons. The van der Waals surface area contributed by atoms with Crippen LogP contribution in [0.4, 0.5) is 10.8 Å². The van der Waals surface area contributed by atoms with Gasteiger partial charge in [-0.3, -0.25) is 9.59 Å². The van der Waals surface area contributed by atoms with E-state index < -0.39 is 0 Å². The van der Waals surface area contributed by atoms with Crippen LogP contribution >= 0.6 is 11.3 Å². The number of hydrogen-bond donors (Lipinski definition) is 2. The number of rotatable bonds is 5. The smallest absolute Gasteiger partial charge is 0.225 e. The van der Waals surface area contributed by atoms with Crippen molar-refractivity contribution in [3.05, 3.63) is 29.6 Å². The van der Waals surface area contributed by atoms with E-state index in [2.05, 4.69) is 15.6 Å². The van der Waals surface area contributed by atoms with E-state index in [1.807, 2.05) is 36.6 Å². The molecule has 2 N–H and O–H groups in total. The number of anilines is 2. The predicted octanol–water partition coefficient (Wildman–Crippen LogP) is 3.51. The van der Waals surface area contributed by atoms with Gasteiger partial charge in [0, 0.05) is 29.5 Å². The number of amides is 2. The predicted molar refractivity (Wildman–Crippen MR) is 85.4 cm³/mol. The molecule has 0 unspecified atom stereocenters. The third kappa shape index (κ3) is 4.13. The minimum Gasteiger partial charge on any atom is -0.326 e. The maximum Gasteiger partial charge on any atom is 0.225 e. The zero-order valence-electron chi connectivity index (χ0n) is 12.0. The monoisotopic (exact) mass is 303 g/mol. The molecular weight excluding hydrogens is 286 g/mol. The fourth-order valence-corrected chi connectivity index (χ4v) is 2.41. The number of nitrogens with zero attached hydrogens (tertiary/aromatic N) is 1. The molecule has 0 fully saturated rings. The van der Waals surface area contributed by atoms with Crippen molar-refractivity contribution < 1.29 is 9.59 Å². The summed E-state index contributed by atoms with van der Waals surface area (Å²) in [4.78, 5) is 27.1. The first kappa shape index (κ1) is 15.2. The highest BCUT2D eigenvalue weighted by Gasteiger charge is 2.08. The Kier molecular flexibility index (Phi) is 5.05. The van der Waals surface area contributed by atoms with Gasteiger partial charge < -0.3 is 10.6 Å². The molecule has 21 heavy (non-hydrogen) atoms. The van der Waals surface area contributed by atoms with Gasteiger partial charge in [0.1, 0.15) is 0 Å². The maximum atomic E-state index is 11.4. The van der Waals surface area contributed by atoms with Crippen LogP contribution in [0.5, 0.6) is 0 Å². The SMILES string of the molecule is CCC(=O)Nc1cccc(-c2csc(NC(=O)CC)n2)c1. The van der Waals surface area contributed by atoms with Crippen molar-refractivity contribution >= 4 is 34.0 Å². The lowest BCUT2D eigenvalue weighted by Gasteiger charge is -2.05. The summed E-state index contributed by atoms with van der Waals surface area (Å²) in [5.41, 5.74) is 2.42. The Morgan fingerprint density at radius 1 is 1.14 bits per heavy atom. The van der Waals surface area contributed by atoms with E-state index >= 15 is 0 Å². The van der Waals surface area contributed by atoms with Crippen LogP contribution in [0.1, 0.15) is 26.7 Å². The summed E-state index contributed by atoms with van der Waals surface area (Å²) in [5.74, 6) is -0.0822. The average Bonchev–Trinajstić information content (AvgIpc) is 2.95. The summed E-state index contributed by atoms with van der Waals surface area (Å²) in [6.07, 6.45) is 0.863. The van der Waals surface area contributed by atoms with Crippen LogP contribution in [-0.4, -0.2) is 16.8 Å². The molecule has 0 bridgehead atoms. The van der Waals surface area contributed by atoms with Gasteiger partial charge in [-0.05, 0) is 12.1 Å². The van der Waals surface area contributed by atoms with E-state index in [0.29, 0.717) is 18.0 Å². The van der Waals surface area contributed by atoms with Gasteiger partial charge in [0.05, 0.1) is 5.69 Å². The number of benzene rings is 1. The Hall–Kier alpha value is -2.21. The van der Waals surface area contributed by atoms with Crippen LogP contribution in [-0.2, 0) is 9.59 Å². The third-order valence-corrected chi connectivity index (χ3v) is 3.59. The zero-order valence-corrected chi connectivity index (χ0v) is 12.8. The third-order valence-electron chi connectivity index (χ3n) is 2.83. The molecule has 0 radical (unpaired) electrons. The van der Waals surface area contributed by atoms with Crippen LogP contribution in [0, 0.1) is 0 Å². The molecular formula is C15H17N3O2S. The quantitative estimate of drug-likeness (QED) is 0.888. The van der Waals surface area contributed by atoms with Crippen LogP contribution in [0.3, 0.4) is 0 Å². The van der Waals surface area contributed by atoms with Crippen molar-refractivity contribution in [3.63, 3.8) is 0 Å². The Labute approximate surface area is 127 Å². The van der Waals surface area contributed by atoms with E-state index in [1.54, 1.807) is 6.92 Å². The highest BCUT2D eigenvalue weighted by atomic mass is 32.1. The first-order valence-electron chi connectivity index (χ1n) is 6.78. The standard InChI is InChI=1S/C15H17N3O2S/c1-3-13(19)16-11-7-5-6-10(8-11)12-9-21-15(17-12)18-14(20)4-2/h5-9H,3-4H2,1-2H3,(H,16,19)(H,17,18,20). The summed E-state index contributed by atoms with van der Waals surface area (Å²) >= 11 is 1.38. The van der Waals surface area contributed by atoms with Crippen molar-refractivity contribution in [3.8, 4) is 11.3 Å². The number of carbonyl (C=O) groups excluding carboxylic acids is 2. The number of hydrogen-bond acceptors (Lipinski definition) is 4. The van der Waals surface area contributed by atoms with Gasteiger partial charge in [0.2, 0.25) is 11.8 Å². The van der Waals surface area contributed by atoms with E-state index in [4.69, 9.17) is 0 Å². The van der Waals surface area contributed by atoms with Crippen molar-refractivity contribution in [2.45, 2.75) is 26.7 Å². The lowest BCUT2D eigenvalue weighted by Crippen LogP contribution is -2.09. The lowest BCUT2D eigenvalue weighted by atomic mass is 10.1. The first-order chi connectivity index (χ1) is 10.1. The lowest BCUT2D eigenvalue weighted by molar-refractivity contribution is -0.116. The Bertz CT molecular complexity index is 652. The topological polar surface area (TPSA) is 71.1 Å². The Morgan fingerprint density at radius 2 is 1.86 bits per heavy atom. The molecule has 1 heterocycles. The first-order valence-corrected chi connectivity index (χ1v) is 7.66. The van der Waals surface area contributed by atoms with E-state index in [9.17, 15) is 9.59 Å². The second kappa shape index (κ2) is 6.99. The van der Waals surface area contributed by atoms with Crippen LogP contribution < -0.4 is 10.6 Å². The minimum absolute atomic E-state index is 0.0266. The molecule has 2 aromatic rings. The van der Waals surface area contributed by atoms with E-state index in [0.717, 1.165) is 16.9 Å². The van der Waals surface area contributed by atoms with Crippen molar-refractivity contribution in [2.24, 2.45) is 0 Å². The average molecular weight is 303 g/mol. The second-order valence-electron chi connectivity index (χ2n) is 4.42. The second-order valence-corrected chi connectivity index (χ2v) is 5.28. The van der Waals surface area contributed by atoms with Gasteiger partial charge in [-0.1, -0.05) is 26.0 Å². The largest absolute Gasteiger partial charge is 0.326 e.